The molecule has 2 aliphatic rings. The second-order valence-corrected chi connectivity index (χ2v) is 9.64. The van der Waals surface area contributed by atoms with Crippen molar-refractivity contribution in [2.24, 2.45) is 5.92 Å². The van der Waals surface area contributed by atoms with Gasteiger partial charge in [0.2, 0.25) is 6.79 Å². The number of aliphatic hydroxyl groups is 1. The van der Waals surface area contributed by atoms with E-state index in [-0.39, 0.29) is 20.0 Å². The number of hydrogen-bond acceptors (Lipinski definition) is 7. The highest BCUT2D eigenvalue weighted by Gasteiger charge is 2.55. The summed E-state index contributed by atoms with van der Waals surface area (Å²) in [5.74, 6) is 0.564. The number of hydrogen-bond donors (Lipinski definition) is 2. The molecule has 1 aliphatic heterocycles. The van der Waals surface area contributed by atoms with Crippen LogP contribution in [0.2, 0.25) is 0 Å². The van der Waals surface area contributed by atoms with Gasteiger partial charge in [0.25, 0.3) is 0 Å². The summed E-state index contributed by atoms with van der Waals surface area (Å²) >= 11 is 0. The molecule has 0 radical (unpaired) electrons. The minimum atomic E-state index is -0.939. The Labute approximate surface area is 221 Å². The van der Waals surface area contributed by atoms with Crippen LogP contribution in [0.15, 0.2) is 54.6 Å². The van der Waals surface area contributed by atoms with Gasteiger partial charge in [-0.05, 0) is 53.4 Å². The predicted octanol–water partition coefficient (Wildman–Crippen LogP) is 4.74. The summed E-state index contributed by atoms with van der Waals surface area (Å²) < 4.78 is 28.4. The van der Waals surface area contributed by atoms with Crippen LogP contribution in [0, 0.1) is 5.92 Å². The molecular weight excluding hydrogens is 488 g/mol. The highest BCUT2D eigenvalue weighted by molar-refractivity contribution is 5.80. The van der Waals surface area contributed by atoms with Crippen molar-refractivity contribution in [3.05, 3.63) is 76.9 Å². The normalized spacial score (nSPS) is 21.2. The third kappa shape index (κ3) is 4.28. The lowest BCUT2D eigenvalue weighted by Crippen LogP contribution is -2.37. The Kier molecular flexibility index (Phi) is 7.08. The van der Waals surface area contributed by atoms with Crippen molar-refractivity contribution in [1.82, 2.24) is 0 Å². The van der Waals surface area contributed by atoms with E-state index in [0.717, 1.165) is 23.1 Å². The number of ether oxygens (including phenoxy) is 5. The molecule has 0 spiro atoms. The summed E-state index contributed by atoms with van der Waals surface area (Å²) in [4.78, 5) is 13.2. The molecule has 2 N–H and O–H groups in total. The van der Waals surface area contributed by atoms with Gasteiger partial charge in [0.05, 0.1) is 26.2 Å². The minimum absolute atomic E-state index is 0.0660. The predicted molar refractivity (Wildman–Crippen MR) is 140 cm³/mol. The highest BCUT2D eigenvalue weighted by atomic mass is 16.7. The van der Waals surface area contributed by atoms with Gasteiger partial charge in [-0.15, -0.1) is 0 Å². The second kappa shape index (κ2) is 10.5. The number of fused-ring (bicyclic) bond motifs is 2. The van der Waals surface area contributed by atoms with E-state index in [2.05, 4.69) is 0 Å². The van der Waals surface area contributed by atoms with Crippen LogP contribution in [0.3, 0.4) is 0 Å². The number of rotatable bonds is 10. The average molecular weight is 521 g/mol. The van der Waals surface area contributed by atoms with Crippen molar-refractivity contribution in [2.75, 3.05) is 33.7 Å². The Morgan fingerprint density at radius 2 is 1.76 bits per heavy atom. The SMILES string of the molecule is CCCOc1ccc2c(c1)[C@@H](c1ccc(OC)cc1OCCO)[C@@H](C(=O)O)[C@@]2(C)c1ccc2c(c1)OCO2. The fourth-order valence-corrected chi connectivity index (χ4v) is 5.73. The van der Waals surface area contributed by atoms with E-state index in [1.54, 1.807) is 19.2 Å². The fraction of sp³-hybridized carbons (Fsp3) is 0.367. The van der Waals surface area contributed by atoms with Crippen LogP contribution in [-0.2, 0) is 10.2 Å². The fourth-order valence-electron chi connectivity index (χ4n) is 5.73. The second-order valence-electron chi connectivity index (χ2n) is 9.64. The van der Waals surface area contributed by atoms with Gasteiger partial charge in [-0.1, -0.05) is 32.0 Å². The van der Waals surface area contributed by atoms with Crippen molar-refractivity contribution in [3.63, 3.8) is 0 Å². The molecule has 3 aromatic rings. The van der Waals surface area contributed by atoms with Gasteiger partial charge >= 0.3 is 5.97 Å². The molecule has 3 aromatic carbocycles. The van der Waals surface area contributed by atoms with Gasteiger partial charge in [-0.25, -0.2) is 0 Å². The Morgan fingerprint density at radius 1 is 0.974 bits per heavy atom. The lowest BCUT2D eigenvalue weighted by Gasteiger charge is -2.33. The number of aliphatic carboxylic acids is 1. The molecule has 8 heteroatoms. The van der Waals surface area contributed by atoms with E-state index >= 15 is 0 Å². The van der Waals surface area contributed by atoms with Gasteiger partial charge in [-0.3, -0.25) is 4.79 Å². The maximum Gasteiger partial charge on any atom is 0.308 e. The zero-order valence-corrected chi connectivity index (χ0v) is 21.7. The Balaban J connectivity index is 1.74. The van der Waals surface area contributed by atoms with Crippen LogP contribution < -0.4 is 23.7 Å². The molecule has 1 aliphatic carbocycles. The lowest BCUT2D eigenvalue weighted by molar-refractivity contribution is -0.143. The van der Waals surface area contributed by atoms with E-state index in [9.17, 15) is 15.0 Å². The van der Waals surface area contributed by atoms with Crippen molar-refractivity contribution in [1.29, 1.82) is 0 Å². The molecule has 1 heterocycles. The van der Waals surface area contributed by atoms with Gasteiger partial charge < -0.3 is 33.9 Å². The summed E-state index contributed by atoms with van der Waals surface area (Å²) in [6.07, 6.45) is 0.852. The molecule has 0 unspecified atom stereocenters. The Hall–Kier alpha value is -3.91. The quantitative estimate of drug-likeness (QED) is 0.395. The Bertz CT molecular complexity index is 1340. The first-order valence-electron chi connectivity index (χ1n) is 12.7. The summed E-state index contributed by atoms with van der Waals surface area (Å²) in [7, 11) is 1.56. The molecule has 200 valence electrons. The monoisotopic (exact) mass is 520 g/mol. The third-order valence-corrected chi connectivity index (χ3v) is 7.49. The van der Waals surface area contributed by atoms with Crippen molar-refractivity contribution < 1.29 is 38.7 Å². The van der Waals surface area contributed by atoms with Gasteiger partial charge in [0, 0.05) is 23.0 Å². The molecule has 0 saturated carbocycles. The minimum Gasteiger partial charge on any atom is -0.497 e. The molecule has 5 rings (SSSR count). The first-order valence-corrected chi connectivity index (χ1v) is 12.7. The summed E-state index contributed by atoms with van der Waals surface area (Å²) in [5, 5.41) is 20.2. The van der Waals surface area contributed by atoms with Crippen LogP contribution in [-0.4, -0.2) is 49.9 Å². The van der Waals surface area contributed by atoms with E-state index in [4.69, 9.17) is 23.7 Å². The topological polar surface area (TPSA) is 104 Å². The lowest BCUT2D eigenvalue weighted by atomic mass is 9.68. The smallest absolute Gasteiger partial charge is 0.308 e. The van der Waals surface area contributed by atoms with Crippen molar-refractivity contribution >= 4 is 5.97 Å². The molecule has 0 aromatic heterocycles. The molecular formula is C30H32O8. The number of carboxylic acids is 1. The first-order chi connectivity index (χ1) is 18.4. The number of carbonyl (C=O) groups is 1. The third-order valence-electron chi connectivity index (χ3n) is 7.49. The molecule has 0 amide bonds. The van der Waals surface area contributed by atoms with Gasteiger partial charge in [0.15, 0.2) is 11.5 Å². The number of benzene rings is 3. The zero-order valence-electron chi connectivity index (χ0n) is 21.7. The molecule has 8 nitrogen and oxygen atoms in total. The number of aliphatic hydroxyl groups excluding tert-OH is 1. The number of methoxy groups -OCH3 is 1. The molecule has 38 heavy (non-hydrogen) atoms. The first kappa shape index (κ1) is 25.7. The summed E-state index contributed by atoms with van der Waals surface area (Å²) in [5.41, 5.74) is 2.34. The largest absolute Gasteiger partial charge is 0.497 e. The van der Waals surface area contributed by atoms with Crippen molar-refractivity contribution in [2.45, 2.75) is 31.6 Å². The highest BCUT2D eigenvalue weighted by Crippen LogP contribution is 2.59. The molecule has 3 atom stereocenters. The van der Waals surface area contributed by atoms with Gasteiger partial charge in [-0.2, -0.15) is 0 Å². The van der Waals surface area contributed by atoms with Crippen LogP contribution in [0.4, 0.5) is 0 Å². The maximum absolute atomic E-state index is 13.2. The summed E-state index contributed by atoms with van der Waals surface area (Å²) in [6.45, 7) is 4.58. The van der Waals surface area contributed by atoms with Gasteiger partial charge in [0.1, 0.15) is 23.9 Å². The molecule has 0 fully saturated rings. The van der Waals surface area contributed by atoms with Crippen LogP contribution in [0.5, 0.6) is 28.7 Å². The van der Waals surface area contributed by atoms with E-state index in [0.29, 0.717) is 40.9 Å². The standard InChI is InChI=1S/C30H32O8/c1-4-12-35-20-7-9-23-22(15-20)27(21-8-6-19(34-3)16-25(21)36-13-11-31)28(29(32)33)30(23,2)18-5-10-24-26(14-18)38-17-37-24/h5-10,14-16,27-28,31H,4,11-13,17H2,1-3H3,(H,32,33)/t27-,28+,30+/m1/s1. The molecule has 0 saturated heterocycles. The van der Waals surface area contributed by atoms with Crippen LogP contribution >= 0.6 is 0 Å². The van der Waals surface area contributed by atoms with Crippen molar-refractivity contribution in [3.8, 4) is 28.7 Å². The maximum atomic E-state index is 13.2. The zero-order chi connectivity index (χ0) is 26.9. The van der Waals surface area contributed by atoms with Crippen LogP contribution in [0.25, 0.3) is 0 Å². The Morgan fingerprint density at radius 3 is 2.50 bits per heavy atom. The number of carboxylic acid groups (broad SMARTS) is 1. The van der Waals surface area contributed by atoms with E-state index < -0.39 is 23.2 Å². The average Bonchev–Trinajstić information content (AvgIpc) is 3.50. The van der Waals surface area contributed by atoms with E-state index in [1.807, 2.05) is 56.3 Å². The summed E-state index contributed by atoms with van der Waals surface area (Å²) in [6, 6.07) is 16.8. The van der Waals surface area contributed by atoms with E-state index in [1.165, 1.54) is 0 Å². The van der Waals surface area contributed by atoms with Crippen LogP contribution in [0.1, 0.15) is 48.4 Å². The molecule has 0 bridgehead atoms.